The number of aryl methyl sites for hydroxylation is 1. The van der Waals surface area contributed by atoms with Crippen LogP contribution in [-0.2, 0) is 25.6 Å². The van der Waals surface area contributed by atoms with E-state index < -0.39 is 18.0 Å². The molecule has 0 bridgehead atoms. The number of nitrogens with zero attached hydrogens (tertiary/aromatic N) is 2. The van der Waals surface area contributed by atoms with E-state index in [4.69, 9.17) is 21.1 Å². The molecule has 1 aliphatic rings. The number of hydrogen-bond donors (Lipinski definition) is 0. The first-order valence-electron chi connectivity index (χ1n) is 7.87. The van der Waals surface area contributed by atoms with Gasteiger partial charge in [-0.15, -0.1) is 0 Å². The van der Waals surface area contributed by atoms with E-state index in [1.807, 2.05) is 37.3 Å². The largest absolute Gasteiger partial charge is 0.463 e. The van der Waals surface area contributed by atoms with Crippen molar-refractivity contribution in [1.29, 1.82) is 0 Å². The summed E-state index contributed by atoms with van der Waals surface area (Å²) in [6, 6.07) is 9.82. The number of rotatable bonds is 5. The van der Waals surface area contributed by atoms with Crippen molar-refractivity contribution in [2.24, 2.45) is 0 Å². The molecule has 130 valence electrons. The zero-order chi connectivity index (χ0) is 17.8. The van der Waals surface area contributed by atoms with Crippen molar-refractivity contribution in [3.63, 3.8) is 0 Å². The van der Waals surface area contributed by atoms with Crippen LogP contribution in [0.2, 0.25) is 5.15 Å². The lowest BCUT2D eigenvalue weighted by Gasteiger charge is -2.05. The molecule has 0 N–H and O–H groups in total. The molecule has 2 heterocycles. The van der Waals surface area contributed by atoms with Gasteiger partial charge in [0.15, 0.2) is 0 Å². The zero-order valence-corrected chi connectivity index (χ0v) is 14.4. The molecule has 1 saturated heterocycles. The van der Waals surface area contributed by atoms with Crippen molar-refractivity contribution < 1.29 is 19.1 Å². The van der Waals surface area contributed by atoms with Gasteiger partial charge in [-0.25, -0.2) is 14.3 Å². The fourth-order valence-electron chi connectivity index (χ4n) is 2.53. The van der Waals surface area contributed by atoms with Crippen LogP contribution in [0.15, 0.2) is 36.4 Å². The Hall–Kier alpha value is -2.60. The maximum atomic E-state index is 11.9. The Bertz CT molecular complexity index is 814. The maximum Gasteiger partial charge on any atom is 0.347 e. The number of halogens is 1. The minimum absolute atomic E-state index is 0.275. The van der Waals surface area contributed by atoms with E-state index in [-0.39, 0.29) is 6.61 Å². The topological polar surface area (TPSA) is 70.4 Å². The Morgan fingerprint density at radius 2 is 2.20 bits per heavy atom. The van der Waals surface area contributed by atoms with Gasteiger partial charge < -0.3 is 9.47 Å². The van der Waals surface area contributed by atoms with Crippen LogP contribution in [-0.4, -0.2) is 34.4 Å². The summed E-state index contributed by atoms with van der Waals surface area (Å²) in [7, 11) is 0. The molecule has 0 radical (unpaired) electrons. The molecule has 0 saturated carbocycles. The minimum Gasteiger partial charge on any atom is -0.463 e. The second-order valence-corrected chi connectivity index (χ2v) is 6.01. The third-order valence-electron chi connectivity index (χ3n) is 3.82. The summed E-state index contributed by atoms with van der Waals surface area (Å²) in [5.41, 5.74) is 2.41. The monoisotopic (exact) mass is 360 g/mol. The predicted molar refractivity (Wildman–Crippen MR) is 92.0 cm³/mol. The molecule has 0 amide bonds. The van der Waals surface area contributed by atoms with Gasteiger partial charge in [-0.2, -0.15) is 5.10 Å². The quantitative estimate of drug-likeness (QED) is 0.605. The molecule has 3 rings (SSSR count). The lowest BCUT2D eigenvalue weighted by atomic mass is 10.2. The van der Waals surface area contributed by atoms with Crippen LogP contribution in [0.3, 0.4) is 0 Å². The van der Waals surface area contributed by atoms with Gasteiger partial charge in [-0.1, -0.05) is 41.9 Å². The Morgan fingerprint density at radius 1 is 1.44 bits per heavy atom. The number of benzene rings is 1. The maximum absolute atomic E-state index is 11.9. The molecular weight excluding hydrogens is 344 g/mol. The van der Waals surface area contributed by atoms with Crippen LogP contribution < -0.4 is 0 Å². The lowest BCUT2D eigenvalue weighted by Crippen LogP contribution is -2.21. The fourth-order valence-corrected chi connectivity index (χ4v) is 2.83. The molecule has 6 nitrogen and oxygen atoms in total. The van der Waals surface area contributed by atoms with Crippen LogP contribution >= 0.6 is 11.6 Å². The summed E-state index contributed by atoms with van der Waals surface area (Å²) in [6.45, 7) is 2.62. The van der Waals surface area contributed by atoms with Crippen LogP contribution in [0.25, 0.3) is 6.08 Å². The van der Waals surface area contributed by atoms with Gasteiger partial charge >= 0.3 is 11.9 Å². The Balaban J connectivity index is 1.70. The molecule has 0 aliphatic carbocycles. The van der Waals surface area contributed by atoms with Crippen molar-refractivity contribution in [1.82, 2.24) is 9.78 Å². The fraction of sp³-hybridized carbons (Fsp3) is 0.278. The number of esters is 2. The highest BCUT2D eigenvalue weighted by atomic mass is 35.5. The summed E-state index contributed by atoms with van der Waals surface area (Å²) in [6.07, 6.45) is 2.35. The number of carbonyl (C=O) groups excluding carboxylic acids is 2. The Kier molecular flexibility index (Phi) is 5.19. The van der Waals surface area contributed by atoms with Gasteiger partial charge in [0.2, 0.25) is 6.10 Å². The normalized spacial score (nSPS) is 17.0. The van der Waals surface area contributed by atoms with E-state index in [1.165, 1.54) is 6.08 Å². The average molecular weight is 361 g/mol. The SMILES string of the molecule is Cc1nn(Cc2ccccc2)c(Cl)c1/C=C/C(=O)O[C@H]1CCOC1=O. The van der Waals surface area contributed by atoms with Gasteiger partial charge in [0.1, 0.15) is 5.15 Å². The van der Waals surface area contributed by atoms with E-state index in [0.29, 0.717) is 29.4 Å². The molecule has 0 spiro atoms. The first-order valence-corrected chi connectivity index (χ1v) is 8.24. The predicted octanol–water partition coefficient (Wildman–Crippen LogP) is 2.77. The molecule has 1 aliphatic heterocycles. The molecular formula is C18H17ClN2O4. The van der Waals surface area contributed by atoms with Crippen molar-refractivity contribution >= 4 is 29.6 Å². The third kappa shape index (κ3) is 4.09. The number of hydrogen-bond acceptors (Lipinski definition) is 5. The van der Waals surface area contributed by atoms with Gasteiger partial charge in [-0.3, -0.25) is 0 Å². The highest BCUT2D eigenvalue weighted by molar-refractivity contribution is 6.31. The van der Waals surface area contributed by atoms with Crippen molar-refractivity contribution in [2.45, 2.75) is 26.0 Å². The number of ether oxygens (including phenoxy) is 2. The van der Waals surface area contributed by atoms with Gasteiger partial charge in [-0.05, 0) is 18.6 Å². The van der Waals surface area contributed by atoms with Crippen LogP contribution in [0.1, 0.15) is 23.2 Å². The van der Waals surface area contributed by atoms with Gasteiger partial charge in [0.05, 0.1) is 18.8 Å². The van der Waals surface area contributed by atoms with Gasteiger partial charge in [0, 0.05) is 18.1 Å². The van der Waals surface area contributed by atoms with Crippen molar-refractivity contribution in [3.8, 4) is 0 Å². The van der Waals surface area contributed by atoms with Crippen molar-refractivity contribution in [2.75, 3.05) is 6.61 Å². The Morgan fingerprint density at radius 3 is 2.88 bits per heavy atom. The second-order valence-electron chi connectivity index (χ2n) is 5.65. The summed E-state index contributed by atoms with van der Waals surface area (Å²) < 4.78 is 11.5. The zero-order valence-electron chi connectivity index (χ0n) is 13.6. The number of carbonyl (C=O) groups is 2. The molecule has 1 aromatic heterocycles. The molecule has 0 unspecified atom stereocenters. The summed E-state index contributed by atoms with van der Waals surface area (Å²) in [5, 5.41) is 4.84. The smallest absolute Gasteiger partial charge is 0.347 e. The average Bonchev–Trinajstić information content (AvgIpc) is 3.11. The standard InChI is InChI=1S/C18H17ClN2O4/c1-12-14(7-8-16(22)25-15-9-10-24-18(15)23)17(19)21(20-12)11-13-5-3-2-4-6-13/h2-8,15H,9-11H2,1H3/b8-7+/t15-/m0/s1. The highest BCUT2D eigenvalue weighted by Gasteiger charge is 2.29. The Labute approximate surface area is 150 Å². The highest BCUT2D eigenvalue weighted by Crippen LogP contribution is 2.22. The van der Waals surface area contributed by atoms with Crippen LogP contribution in [0.4, 0.5) is 0 Å². The van der Waals surface area contributed by atoms with Crippen LogP contribution in [0, 0.1) is 6.92 Å². The lowest BCUT2D eigenvalue weighted by molar-refractivity contribution is -0.156. The van der Waals surface area contributed by atoms with Gasteiger partial charge in [0.25, 0.3) is 0 Å². The third-order valence-corrected chi connectivity index (χ3v) is 4.21. The molecule has 1 aromatic carbocycles. The first-order chi connectivity index (χ1) is 12.0. The number of aromatic nitrogens is 2. The van der Waals surface area contributed by atoms with E-state index >= 15 is 0 Å². The van der Waals surface area contributed by atoms with E-state index in [0.717, 1.165) is 5.56 Å². The summed E-state index contributed by atoms with van der Waals surface area (Å²) >= 11 is 6.38. The molecule has 7 heteroatoms. The molecule has 25 heavy (non-hydrogen) atoms. The minimum atomic E-state index is -0.825. The van der Waals surface area contributed by atoms with Crippen LogP contribution in [0.5, 0.6) is 0 Å². The summed E-state index contributed by atoms with van der Waals surface area (Å²) in [4.78, 5) is 23.2. The molecule has 1 fully saturated rings. The van der Waals surface area contributed by atoms with E-state index in [1.54, 1.807) is 10.8 Å². The van der Waals surface area contributed by atoms with E-state index in [2.05, 4.69) is 5.10 Å². The second kappa shape index (κ2) is 7.53. The van der Waals surface area contributed by atoms with E-state index in [9.17, 15) is 9.59 Å². The molecule has 2 aromatic rings. The first kappa shape index (κ1) is 17.2. The van der Waals surface area contributed by atoms with Crippen molar-refractivity contribution in [3.05, 3.63) is 58.4 Å². The molecule has 1 atom stereocenters. The number of cyclic esters (lactones) is 1. The summed E-state index contributed by atoms with van der Waals surface area (Å²) in [5.74, 6) is -1.12.